The Kier molecular flexibility index (Phi) is 4.49. The molecule has 0 atom stereocenters. The van der Waals surface area contributed by atoms with Crippen LogP contribution in [0.4, 0.5) is 0 Å². The third kappa shape index (κ3) is 3.37. The van der Waals surface area contributed by atoms with Crippen molar-refractivity contribution >= 4 is 11.6 Å². The summed E-state index contributed by atoms with van der Waals surface area (Å²) in [5.41, 5.74) is 0.498. The minimum absolute atomic E-state index is 0.522. The Labute approximate surface area is 113 Å². The lowest BCUT2D eigenvalue weighted by Gasteiger charge is -2.22. The maximum atomic E-state index is 10.2. The van der Waals surface area contributed by atoms with E-state index >= 15 is 0 Å². The molecule has 0 amide bonds. The van der Waals surface area contributed by atoms with E-state index in [0.717, 1.165) is 37.0 Å². The average molecular weight is 270 g/mol. The van der Waals surface area contributed by atoms with E-state index in [9.17, 15) is 5.11 Å². The van der Waals surface area contributed by atoms with Gasteiger partial charge in [-0.15, -0.1) is 0 Å². The normalized spacial score (nSPS) is 17.9. The van der Waals surface area contributed by atoms with Gasteiger partial charge in [0.1, 0.15) is 5.75 Å². The molecule has 1 fully saturated rings. The topological polar surface area (TPSA) is 41.5 Å². The second kappa shape index (κ2) is 5.91. The molecule has 2 rings (SSSR count). The number of ether oxygens (including phenoxy) is 1. The Balaban J connectivity index is 1.91. The fourth-order valence-electron chi connectivity index (χ4n) is 2.53. The Morgan fingerprint density at radius 2 is 2.11 bits per heavy atom. The molecule has 1 saturated carbocycles. The van der Waals surface area contributed by atoms with E-state index < -0.39 is 5.60 Å². The van der Waals surface area contributed by atoms with Gasteiger partial charge in [0.2, 0.25) is 0 Å². The third-order valence-electron chi connectivity index (χ3n) is 3.55. The fraction of sp³-hybridized carbons (Fsp3) is 0.571. The number of rotatable bonds is 5. The Morgan fingerprint density at radius 3 is 2.78 bits per heavy atom. The van der Waals surface area contributed by atoms with E-state index in [1.807, 2.05) is 18.2 Å². The van der Waals surface area contributed by atoms with E-state index in [-0.39, 0.29) is 0 Å². The van der Waals surface area contributed by atoms with E-state index in [2.05, 4.69) is 5.32 Å². The van der Waals surface area contributed by atoms with Crippen molar-refractivity contribution in [2.24, 2.45) is 0 Å². The second-order valence-corrected chi connectivity index (χ2v) is 5.43. The first-order valence-electron chi connectivity index (χ1n) is 6.38. The number of halogens is 1. The summed E-state index contributed by atoms with van der Waals surface area (Å²) in [6.07, 6.45) is 4.04. The third-order valence-corrected chi connectivity index (χ3v) is 3.78. The van der Waals surface area contributed by atoms with Gasteiger partial charge in [-0.2, -0.15) is 0 Å². The van der Waals surface area contributed by atoms with Crippen LogP contribution in [0.1, 0.15) is 31.2 Å². The second-order valence-electron chi connectivity index (χ2n) is 4.99. The van der Waals surface area contributed by atoms with E-state index in [1.165, 1.54) is 0 Å². The first-order valence-corrected chi connectivity index (χ1v) is 6.76. The summed E-state index contributed by atoms with van der Waals surface area (Å²) < 4.78 is 5.29. The van der Waals surface area contributed by atoms with Gasteiger partial charge in [-0.3, -0.25) is 0 Å². The van der Waals surface area contributed by atoms with Gasteiger partial charge < -0.3 is 15.2 Å². The van der Waals surface area contributed by atoms with Crippen LogP contribution in [0.2, 0.25) is 5.02 Å². The monoisotopic (exact) mass is 269 g/mol. The van der Waals surface area contributed by atoms with Crippen LogP contribution >= 0.6 is 11.6 Å². The van der Waals surface area contributed by atoms with Crippen molar-refractivity contribution in [3.05, 3.63) is 28.8 Å². The number of hydrogen-bond donors (Lipinski definition) is 2. The fourth-order valence-corrected chi connectivity index (χ4v) is 2.72. The molecule has 2 N–H and O–H groups in total. The van der Waals surface area contributed by atoms with Crippen molar-refractivity contribution in [1.29, 1.82) is 0 Å². The average Bonchev–Trinajstić information content (AvgIpc) is 2.77. The van der Waals surface area contributed by atoms with Crippen LogP contribution in [0.25, 0.3) is 0 Å². The summed E-state index contributed by atoms with van der Waals surface area (Å²) in [6, 6.07) is 5.57. The predicted octanol–water partition coefficient (Wildman–Crippen LogP) is 2.74. The molecule has 0 saturated heterocycles. The lowest BCUT2D eigenvalue weighted by atomic mass is 10.0. The maximum absolute atomic E-state index is 10.2. The molecule has 0 unspecified atom stereocenters. The van der Waals surface area contributed by atoms with Crippen molar-refractivity contribution in [1.82, 2.24) is 5.32 Å². The smallest absolute Gasteiger partial charge is 0.123 e. The van der Waals surface area contributed by atoms with Gasteiger partial charge in [0, 0.05) is 23.7 Å². The van der Waals surface area contributed by atoms with Gasteiger partial charge >= 0.3 is 0 Å². The minimum atomic E-state index is -0.522. The number of benzene rings is 1. The zero-order valence-corrected chi connectivity index (χ0v) is 11.5. The molecule has 3 nitrogen and oxygen atoms in total. The first kappa shape index (κ1) is 13.7. The summed E-state index contributed by atoms with van der Waals surface area (Å²) in [4.78, 5) is 0. The molecular formula is C14H20ClNO2. The zero-order chi connectivity index (χ0) is 13.0. The molecular weight excluding hydrogens is 250 g/mol. The molecule has 100 valence electrons. The summed E-state index contributed by atoms with van der Waals surface area (Å²) in [5.74, 6) is 0.824. The van der Waals surface area contributed by atoms with Crippen molar-refractivity contribution in [2.45, 2.75) is 37.8 Å². The lowest BCUT2D eigenvalue weighted by molar-refractivity contribution is 0.0474. The highest BCUT2D eigenvalue weighted by Gasteiger charge is 2.30. The van der Waals surface area contributed by atoms with Gasteiger partial charge in [0.05, 0.1) is 12.7 Å². The molecule has 0 spiro atoms. The van der Waals surface area contributed by atoms with Gasteiger partial charge in [-0.25, -0.2) is 0 Å². The highest BCUT2D eigenvalue weighted by atomic mass is 35.5. The van der Waals surface area contributed by atoms with Crippen LogP contribution in [-0.4, -0.2) is 24.4 Å². The molecule has 0 aromatic heterocycles. The van der Waals surface area contributed by atoms with Gasteiger partial charge in [-0.1, -0.05) is 24.4 Å². The molecule has 18 heavy (non-hydrogen) atoms. The Morgan fingerprint density at radius 1 is 1.39 bits per heavy atom. The van der Waals surface area contributed by atoms with Crippen LogP contribution in [0.5, 0.6) is 5.75 Å². The number of aliphatic hydroxyl groups is 1. The highest BCUT2D eigenvalue weighted by molar-refractivity contribution is 6.30. The summed E-state index contributed by atoms with van der Waals surface area (Å²) in [6.45, 7) is 1.29. The Hall–Kier alpha value is -0.770. The molecule has 0 aliphatic heterocycles. The Bertz CT molecular complexity index is 403. The number of hydrogen-bond acceptors (Lipinski definition) is 3. The highest BCUT2D eigenvalue weighted by Crippen LogP contribution is 2.29. The van der Waals surface area contributed by atoms with Crippen molar-refractivity contribution in [3.8, 4) is 5.75 Å². The summed E-state index contributed by atoms with van der Waals surface area (Å²) in [5, 5.41) is 14.2. The van der Waals surface area contributed by atoms with Crippen LogP contribution in [-0.2, 0) is 6.54 Å². The van der Waals surface area contributed by atoms with Gasteiger partial charge in [0.15, 0.2) is 0 Å². The quantitative estimate of drug-likeness (QED) is 0.864. The predicted molar refractivity (Wildman–Crippen MR) is 73.1 cm³/mol. The van der Waals surface area contributed by atoms with Crippen LogP contribution < -0.4 is 10.1 Å². The van der Waals surface area contributed by atoms with Gasteiger partial charge in [-0.05, 0) is 31.0 Å². The SMILES string of the molecule is COc1ccc(Cl)cc1CNCC1(O)CCCC1. The maximum Gasteiger partial charge on any atom is 0.123 e. The van der Waals surface area contributed by atoms with Crippen molar-refractivity contribution in [3.63, 3.8) is 0 Å². The first-order chi connectivity index (χ1) is 8.63. The number of nitrogens with one attached hydrogen (secondary N) is 1. The van der Waals surface area contributed by atoms with Crippen molar-refractivity contribution in [2.75, 3.05) is 13.7 Å². The minimum Gasteiger partial charge on any atom is -0.496 e. The molecule has 1 aromatic carbocycles. The molecule has 0 bridgehead atoms. The van der Waals surface area contributed by atoms with E-state index in [0.29, 0.717) is 18.1 Å². The molecule has 1 aliphatic carbocycles. The number of methoxy groups -OCH3 is 1. The summed E-state index contributed by atoms with van der Waals surface area (Å²) in [7, 11) is 1.65. The zero-order valence-electron chi connectivity index (χ0n) is 10.7. The van der Waals surface area contributed by atoms with Crippen LogP contribution in [0.3, 0.4) is 0 Å². The lowest BCUT2D eigenvalue weighted by Crippen LogP contribution is -2.37. The molecule has 4 heteroatoms. The van der Waals surface area contributed by atoms with Crippen molar-refractivity contribution < 1.29 is 9.84 Å². The summed E-state index contributed by atoms with van der Waals surface area (Å²) >= 11 is 5.97. The largest absolute Gasteiger partial charge is 0.496 e. The van der Waals surface area contributed by atoms with E-state index in [1.54, 1.807) is 7.11 Å². The van der Waals surface area contributed by atoms with Crippen LogP contribution in [0, 0.1) is 0 Å². The standard InChI is InChI=1S/C14H20ClNO2/c1-18-13-5-4-12(15)8-11(13)9-16-10-14(17)6-2-3-7-14/h4-5,8,16-17H,2-3,6-7,9-10H2,1H3. The molecule has 0 heterocycles. The molecule has 1 aromatic rings. The molecule has 1 aliphatic rings. The van der Waals surface area contributed by atoms with Crippen LogP contribution in [0.15, 0.2) is 18.2 Å². The van der Waals surface area contributed by atoms with E-state index in [4.69, 9.17) is 16.3 Å². The molecule has 0 radical (unpaired) electrons. The van der Waals surface area contributed by atoms with Gasteiger partial charge in [0.25, 0.3) is 0 Å².